The molecular formula is C29H30N6O5S. The van der Waals surface area contributed by atoms with Crippen LogP contribution in [0.25, 0.3) is 21.8 Å². The fraction of sp³-hybridized carbons (Fsp3) is 0.310. The molecule has 2 atom stereocenters. The highest BCUT2D eigenvalue weighted by molar-refractivity contribution is 7.10. The molecule has 212 valence electrons. The fourth-order valence-corrected chi connectivity index (χ4v) is 6.41. The minimum absolute atomic E-state index is 0.0421. The van der Waals surface area contributed by atoms with E-state index in [2.05, 4.69) is 15.6 Å². The standard InChI is InChI=1S/C29H30N6O5S/c1-16(24-11-18(14-41-24)26(30)31)33-28(38)23-12-29(39-8-9-40-29)15-35(23)25(36)13-32-27(37)17-6-7-22-20(10-17)19-4-2-3-5-21(19)34-22/h2-7,10-11,14,16,23,34H,8-9,12-13,15H2,1H3,(H3,30,31)(H,32,37)(H,33,38)/t16-,23+/m1/s1. The first-order valence-electron chi connectivity index (χ1n) is 13.3. The molecule has 0 bridgehead atoms. The molecule has 0 radical (unpaired) electrons. The van der Waals surface area contributed by atoms with Crippen LogP contribution in [0, 0.1) is 5.41 Å². The van der Waals surface area contributed by atoms with Gasteiger partial charge in [0.1, 0.15) is 11.9 Å². The summed E-state index contributed by atoms with van der Waals surface area (Å²) in [5.41, 5.74) is 8.49. The van der Waals surface area contributed by atoms with Crippen molar-refractivity contribution < 1.29 is 23.9 Å². The number of nitrogen functional groups attached to an aromatic ring is 1. The normalized spacial score (nSPS) is 18.7. The summed E-state index contributed by atoms with van der Waals surface area (Å²) in [6.45, 7) is 2.39. The first-order valence-corrected chi connectivity index (χ1v) is 14.2. The molecule has 2 fully saturated rings. The lowest BCUT2D eigenvalue weighted by Crippen LogP contribution is -2.49. The van der Waals surface area contributed by atoms with Gasteiger partial charge in [0.25, 0.3) is 5.91 Å². The molecule has 1 spiro atoms. The van der Waals surface area contributed by atoms with Crippen molar-refractivity contribution in [2.45, 2.75) is 31.2 Å². The molecule has 4 aromatic rings. The van der Waals surface area contributed by atoms with Gasteiger partial charge in [-0.05, 0) is 37.3 Å². The minimum atomic E-state index is -1.05. The van der Waals surface area contributed by atoms with Gasteiger partial charge in [-0.1, -0.05) is 18.2 Å². The summed E-state index contributed by atoms with van der Waals surface area (Å²) >= 11 is 1.39. The number of nitrogens with one attached hydrogen (secondary N) is 4. The second-order valence-corrected chi connectivity index (χ2v) is 11.3. The van der Waals surface area contributed by atoms with Crippen LogP contribution in [-0.2, 0) is 19.1 Å². The number of carbonyl (C=O) groups excluding carboxylic acids is 3. The molecule has 12 heteroatoms. The van der Waals surface area contributed by atoms with Gasteiger partial charge in [-0.25, -0.2) is 0 Å². The zero-order valence-electron chi connectivity index (χ0n) is 22.4. The predicted octanol–water partition coefficient (Wildman–Crippen LogP) is 2.62. The Morgan fingerprint density at radius 2 is 1.88 bits per heavy atom. The van der Waals surface area contributed by atoms with Crippen LogP contribution in [-0.4, -0.2) is 71.6 Å². The number of para-hydroxylation sites is 1. The van der Waals surface area contributed by atoms with Crippen molar-refractivity contribution in [3.8, 4) is 0 Å². The van der Waals surface area contributed by atoms with Gasteiger partial charge >= 0.3 is 0 Å². The number of carbonyl (C=O) groups is 3. The first-order chi connectivity index (χ1) is 19.7. The molecule has 41 heavy (non-hydrogen) atoms. The topological polar surface area (TPSA) is 163 Å². The van der Waals surface area contributed by atoms with Crippen molar-refractivity contribution in [3.05, 3.63) is 69.9 Å². The Bertz CT molecular complexity index is 1670. The molecule has 2 aliphatic heterocycles. The van der Waals surface area contributed by atoms with Crippen LogP contribution < -0.4 is 16.4 Å². The quantitative estimate of drug-likeness (QED) is 0.168. The minimum Gasteiger partial charge on any atom is -0.384 e. The Morgan fingerprint density at radius 3 is 2.63 bits per heavy atom. The number of hydrogen-bond donors (Lipinski definition) is 5. The van der Waals surface area contributed by atoms with Crippen LogP contribution >= 0.6 is 11.3 Å². The average molecular weight is 575 g/mol. The van der Waals surface area contributed by atoms with Crippen LogP contribution in [0.1, 0.15) is 40.2 Å². The highest BCUT2D eigenvalue weighted by Crippen LogP contribution is 2.35. The maximum Gasteiger partial charge on any atom is 0.251 e. The molecule has 0 unspecified atom stereocenters. The second kappa shape index (κ2) is 10.6. The number of rotatable bonds is 7. The van der Waals surface area contributed by atoms with Gasteiger partial charge in [0.15, 0.2) is 5.79 Å². The van der Waals surface area contributed by atoms with Crippen LogP contribution in [0.4, 0.5) is 0 Å². The fourth-order valence-electron chi connectivity index (χ4n) is 5.49. The van der Waals surface area contributed by atoms with Crippen LogP contribution in [0.2, 0.25) is 0 Å². The number of amidine groups is 1. The zero-order valence-corrected chi connectivity index (χ0v) is 23.2. The van der Waals surface area contributed by atoms with Gasteiger partial charge in [0.05, 0.1) is 32.3 Å². The number of likely N-dealkylation sites (tertiary alicyclic amines) is 1. The first kappa shape index (κ1) is 26.9. The Labute approximate surface area is 239 Å². The van der Waals surface area contributed by atoms with E-state index >= 15 is 0 Å². The van der Waals surface area contributed by atoms with Gasteiger partial charge in [0, 0.05) is 49.6 Å². The zero-order chi connectivity index (χ0) is 28.7. The molecule has 0 aliphatic carbocycles. The molecule has 2 aromatic heterocycles. The van der Waals surface area contributed by atoms with Gasteiger partial charge in [0.2, 0.25) is 11.8 Å². The lowest BCUT2D eigenvalue weighted by Gasteiger charge is -2.25. The SMILES string of the molecule is C[C@@H](NC(=O)[C@@H]1CC2(CN1C(=O)CNC(=O)c1ccc3[nH]c4ccccc4c3c1)OCCO2)c1cc(C(=N)N)cs1. The van der Waals surface area contributed by atoms with E-state index in [1.165, 1.54) is 16.2 Å². The Hall–Kier alpha value is -4.26. The van der Waals surface area contributed by atoms with Gasteiger partial charge in [-0.15, -0.1) is 11.3 Å². The lowest BCUT2D eigenvalue weighted by atomic mass is 10.1. The molecule has 2 aromatic carbocycles. The summed E-state index contributed by atoms with van der Waals surface area (Å²) in [7, 11) is 0. The van der Waals surface area contributed by atoms with Gasteiger partial charge in [-0.2, -0.15) is 0 Å². The third-order valence-corrected chi connectivity index (χ3v) is 8.73. The van der Waals surface area contributed by atoms with Crippen molar-refractivity contribution in [1.29, 1.82) is 5.41 Å². The molecule has 0 saturated carbocycles. The number of thiophene rings is 1. The largest absolute Gasteiger partial charge is 0.384 e. The summed E-state index contributed by atoms with van der Waals surface area (Å²) in [6, 6.07) is 13.8. The number of ether oxygens (including phenoxy) is 2. The maximum atomic E-state index is 13.4. The molecule has 11 nitrogen and oxygen atoms in total. The molecular weight excluding hydrogens is 544 g/mol. The third-order valence-electron chi connectivity index (χ3n) is 7.61. The van der Waals surface area contributed by atoms with Crippen molar-refractivity contribution in [2.75, 3.05) is 26.3 Å². The van der Waals surface area contributed by atoms with Crippen LogP contribution in [0.5, 0.6) is 0 Å². The molecule has 3 amide bonds. The molecule has 4 heterocycles. The summed E-state index contributed by atoms with van der Waals surface area (Å²) in [5, 5.41) is 17.0. The average Bonchev–Trinajstić information content (AvgIpc) is 3.77. The van der Waals surface area contributed by atoms with Crippen molar-refractivity contribution in [2.24, 2.45) is 5.73 Å². The van der Waals surface area contributed by atoms with E-state index < -0.39 is 17.7 Å². The number of aromatic amines is 1. The summed E-state index contributed by atoms with van der Waals surface area (Å²) in [4.78, 5) is 45.4. The molecule has 6 rings (SSSR count). The maximum absolute atomic E-state index is 13.4. The third kappa shape index (κ3) is 5.17. The highest BCUT2D eigenvalue weighted by Gasteiger charge is 2.52. The van der Waals surface area contributed by atoms with Gasteiger partial charge < -0.3 is 35.7 Å². The smallest absolute Gasteiger partial charge is 0.251 e. The second-order valence-electron chi connectivity index (χ2n) is 10.3. The Kier molecular flexibility index (Phi) is 6.98. The van der Waals surface area contributed by atoms with E-state index in [1.807, 2.05) is 37.3 Å². The van der Waals surface area contributed by atoms with E-state index in [9.17, 15) is 14.4 Å². The van der Waals surface area contributed by atoms with E-state index in [-0.39, 0.29) is 43.2 Å². The van der Waals surface area contributed by atoms with E-state index in [1.54, 1.807) is 23.6 Å². The number of nitrogens with zero attached hydrogens (tertiary/aromatic N) is 1. The van der Waals surface area contributed by atoms with E-state index in [0.29, 0.717) is 24.3 Å². The van der Waals surface area contributed by atoms with E-state index in [4.69, 9.17) is 20.6 Å². The number of amides is 3. The summed E-state index contributed by atoms with van der Waals surface area (Å²) in [5.74, 6) is -2.24. The number of aromatic nitrogens is 1. The summed E-state index contributed by atoms with van der Waals surface area (Å²) in [6.07, 6.45) is 0.186. The lowest BCUT2D eigenvalue weighted by molar-refractivity contribution is -0.152. The van der Waals surface area contributed by atoms with E-state index in [0.717, 1.165) is 26.7 Å². The number of benzene rings is 2. The Balaban J connectivity index is 1.15. The highest BCUT2D eigenvalue weighted by atomic mass is 32.1. The summed E-state index contributed by atoms with van der Waals surface area (Å²) < 4.78 is 11.6. The van der Waals surface area contributed by atoms with Crippen LogP contribution in [0.3, 0.4) is 0 Å². The number of hydrogen-bond acceptors (Lipinski definition) is 7. The number of fused-ring (bicyclic) bond motifs is 3. The number of H-pyrrole nitrogens is 1. The number of nitrogens with two attached hydrogens (primary N) is 1. The predicted molar refractivity (Wildman–Crippen MR) is 155 cm³/mol. The molecule has 6 N–H and O–H groups in total. The van der Waals surface area contributed by atoms with Crippen LogP contribution in [0.15, 0.2) is 53.9 Å². The van der Waals surface area contributed by atoms with Crippen molar-refractivity contribution in [3.63, 3.8) is 0 Å². The van der Waals surface area contributed by atoms with Crippen molar-refractivity contribution in [1.82, 2.24) is 20.5 Å². The van der Waals surface area contributed by atoms with Gasteiger partial charge in [-0.3, -0.25) is 19.8 Å². The molecule has 2 saturated heterocycles. The monoisotopic (exact) mass is 574 g/mol. The van der Waals surface area contributed by atoms with Crippen molar-refractivity contribution >= 4 is 56.7 Å². The molecule has 2 aliphatic rings. The Morgan fingerprint density at radius 1 is 1.12 bits per heavy atom.